The smallest absolute Gasteiger partial charge is 0.355 e. The first-order valence-electron chi connectivity index (χ1n) is 6.39. The average Bonchev–Trinajstić information content (AvgIpc) is 2.74. The van der Waals surface area contributed by atoms with Crippen LogP contribution in [0.2, 0.25) is 0 Å². The van der Waals surface area contributed by atoms with E-state index in [1.54, 1.807) is 16.8 Å². The van der Waals surface area contributed by atoms with Gasteiger partial charge in [-0.05, 0) is 19.4 Å². The first kappa shape index (κ1) is 14.6. The van der Waals surface area contributed by atoms with Gasteiger partial charge in [-0.25, -0.2) is 4.79 Å². The predicted octanol–water partition coefficient (Wildman–Crippen LogP) is 2.06. The molecule has 2 N–H and O–H groups in total. The van der Waals surface area contributed by atoms with Crippen LogP contribution in [0.4, 0.5) is 5.69 Å². The molecule has 0 atom stereocenters. The van der Waals surface area contributed by atoms with Crippen LogP contribution in [0.3, 0.4) is 0 Å². The summed E-state index contributed by atoms with van der Waals surface area (Å²) in [5.41, 5.74) is 6.71. The summed E-state index contributed by atoms with van der Waals surface area (Å²) < 4.78 is 12.2. The minimum Gasteiger partial charge on any atom is -0.459 e. The van der Waals surface area contributed by atoms with Crippen molar-refractivity contribution in [1.82, 2.24) is 4.57 Å². The monoisotopic (exact) mass is 254 g/mol. The van der Waals surface area contributed by atoms with Crippen molar-refractivity contribution in [1.29, 1.82) is 0 Å². The van der Waals surface area contributed by atoms with Gasteiger partial charge in [0.15, 0.2) is 0 Å². The molecule has 1 aromatic rings. The van der Waals surface area contributed by atoms with E-state index in [9.17, 15) is 4.79 Å². The molecule has 1 heterocycles. The van der Waals surface area contributed by atoms with Gasteiger partial charge < -0.3 is 19.8 Å². The van der Waals surface area contributed by atoms with Gasteiger partial charge in [0.1, 0.15) is 12.3 Å². The fraction of sp³-hybridized carbons (Fsp3) is 0.615. The first-order valence-corrected chi connectivity index (χ1v) is 6.39. The minimum absolute atomic E-state index is 0.275. The van der Waals surface area contributed by atoms with Crippen molar-refractivity contribution in [2.45, 2.75) is 33.2 Å². The number of rotatable bonds is 8. The lowest BCUT2D eigenvalue weighted by Gasteiger charge is -2.07. The van der Waals surface area contributed by atoms with Gasteiger partial charge in [-0.3, -0.25) is 0 Å². The highest BCUT2D eigenvalue weighted by Gasteiger charge is 2.13. The number of hydrogen-bond donors (Lipinski definition) is 1. The van der Waals surface area contributed by atoms with E-state index >= 15 is 0 Å². The zero-order chi connectivity index (χ0) is 13.4. The Hall–Kier alpha value is -1.49. The molecule has 0 fully saturated rings. The molecule has 0 amide bonds. The fourth-order valence-electron chi connectivity index (χ4n) is 1.58. The normalized spacial score (nSPS) is 10.6. The van der Waals surface area contributed by atoms with Gasteiger partial charge in [-0.15, -0.1) is 0 Å². The maximum absolute atomic E-state index is 11.8. The molecule has 0 aliphatic carbocycles. The molecule has 102 valence electrons. The van der Waals surface area contributed by atoms with Gasteiger partial charge in [0.05, 0.1) is 12.3 Å². The van der Waals surface area contributed by atoms with E-state index in [4.69, 9.17) is 15.2 Å². The lowest BCUT2D eigenvalue weighted by atomic mass is 10.4. The summed E-state index contributed by atoms with van der Waals surface area (Å²) in [6.45, 7) is 6.17. The SMILES string of the molecule is CCCCOCCOC(=O)c1cc(N)cn1CC. The molecule has 18 heavy (non-hydrogen) atoms. The predicted molar refractivity (Wildman–Crippen MR) is 70.5 cm³/mol. The summed E-state index contributed by atoms with van der Waals surface area (Å²) in [6, 6.07) is 1.63. The van der Waals surface area contributed by atoms with E-state index in [0.29, 0.717) is 31.1 Å². The van der Waals surface area contributed by atoms with Crippen LogP contribution in [0.15, 0.2) is 12.3 Å². The topological polar surface area (TPSA) is 66.5 Å². The number of nitrogen functional groups attached to an aromatic ring is 1. The molecular weight excluding hydrogens is 232 g/mol. The summed E-state index contributed by atoms with van der Waals surface area (Å²) in [6.07, 6.45) is 3.86. The molecule has 0 saturated heterocycles. The van der Waals surface area contributed by atoms with Gasteiger partial charge in [-0.1, -0.05) is 13.3 Å². The zero-order valence-electron chi connectivity index (χ0n) is 11.1. The maximum atomic E-state index is 11.8. The molecule has 0 spiro atoms. The molecule has 0 aliphatic heterocycles. The molecule has 0 aliphatic rings. The Kier molecular flexibility index (Phi) is 6.28. The van der Waals surface area contributed by atoms with Crippen LogP contribution in [0, 0.1) is 0 Å². The third kappa shape index (κ3) is 4.41. The first-order chi connectivity index (χ1) is 8.69. The Labute approximate surface area is 108 Å². The Morgan fingerprint density at radius 1 is 1.33 bits per heavy atom. The van der Waals surface area contributed by atoms with E-state index < -0.39 is 0 Å². The second-order valence-corrected chi connectivity index (χ2v) is 4.05. The number of aryl methyl sites for hydroxylation is 1. The summed E-state index contributed by atoms with van der Waals surface area (Å²) in [5, 5.41) is 0. The van der Waals surface area contributed by atoms with Crippen LogP contribution in [0.1, 0.15) is 37.2 Å². The van der Waals surface area contributed by atoms with Crippen molar-refractivity contribution in [3.8, 4) is 0 Å². The Balaban J connectivity index is 2.32. The molecule has 5 nitrogen and oxygen atoms in total. The van der Waals surface area contributed by atoms with Crippen LogP contribution in [0.5, 0.6) is 0 Å². The lowest BCUT2D eigenvalue weighted by Crippen LogP contribution is -2.14. The number of anilines is 1. The number of nitrogens with two attached hydrogens (primary N) is 1. The molecule has 5 heteroatoms. The molecule has 0 unspecified atom stereocenters. The second-order valence-electron chi connectivity index (χ2n) is 4.05. The third-order valence-electron chi connectivity index (χ3n) is 2.57. The molecule has 1 rings (SSSR count). The average molecular weight is 254 g/mol. The molecule has 0 bridgehead atoms. The Bertz CT molecular complexity index is 374. The van der Waals surface area contributed by atoms with Gasteiger partial charge in [-0.2, -0.15) is 0 Å². The zero-order valence-corrected chi connectivity index (χ0v) is 11.1. The van der Waals surface area contributed by atoms with Crippen LogP contribution >= 0.6 is 0 Å². The maximum Gasteiger partial charge on any atom is 0.355 e. The van der Waals surface area contributed by atoms with Gasteiger partial charge >= 0.3 is 5.97 Å². The Morgan fingerprint density at radius 3 is 2.78 bits per heavy atom. The van der Waals surface area contributed by atoms with Crippen LogP contribution < -0.4 is 5.73 Å². The van der Waals surface area contributed by atoms with Gasteiger partial charge in [0, 0.05) is 19.3 Å². The number of unbranched alkanes of at least 4 members (excludes halogenated alkanes) is 1. The quantitative estimate of drug-likeness (QED) is 0.569. The molecular formula is C13H22N2O3. The molecule has 1 aromatic heterocycles. The summed E-state index contributed by atoms with van der Waals surface area (Å²) in [4.78, 5) is 11.8. The number of hydrogen-bond acceptors (Lipinski definition) is 4. The van der Waals surface area contributed by atoms with Crippen molar-refractivity contribution < 1.29 is 14.3 Å². The molecule has 0 saturated carbocycles. The fourth-order valence-corrected chi connectivity index (χ4v) is 1.58. The number of carbonyl (C=O) groups is 1. The van der Waals surface area contributed by atoms with E-state index in [-0.39, 0.29) is 12.6 Å². The number of esters is 1. The minimum atomic E-state index is -0.354. The number of nitrogens with zero attached hydrogens (tertiary/aromatic N) is 1. The van der Waals surface area contributed by atoms with Gasteiger partial charge in [0.2, 0.25) is 0 Å². The van der Waals surface area contributed by atoms with E-state index in [1.807, 2.05) is 6.92 Å². The highest BCUT2D eigenvalue weighted by molar-refractivity contribution is 5.89. The van der Waals surface area contributed by atoms with E-state index in [0.717, 1.165) is 12.8 Å². The van der Waals surface area contributed by atoms with Crippen molar-refractivity contribution in [3.05, 3.63) is 18.0 Å². The van der Waals surface area contributed by atoms with Crippen LogP contribution in [0.25, 0.3) is 0 Å². The van der Waals surface area contributed by atoms with Crippen molar-refractivity contribution >= 4 is 11.7 Å². The van der Waals surface area contributed by atoms with E-state index in [2.05, 4.69) is 6.92 Å². The van der Waals surface area contributed by atoms with Crippen LogP contribution in [-0.4, -0.2) is 30.4 Å². The number of ether oxygens (including phenoxy) is 2. The number of aromatic nitrogens is 1. The van der Waals surface area contributed by atoms with Gasteiger partial charge in [0.25, 0.3) is 0 Å². The highest BCUT2D eigenvalue weighted by Crippen LogP contribution is 2.11. The third-order valence-corrected chi connectivity index (χ3v) is 2.57. The highest BCUT2D eigenvalue weighted by atomic mass is 16.6. The lowest BCUT2D eigenvalue weighted by molar-refractivity contribution is 0.0303. The van der Waals surface area contributed by atoms with Crippen molar-refractivity contribution in [2.75, 3.05) is 25.6 Å². The van der Waals surface area contributed by atoms with E-state index in [1.165, 1.54) is 0 Å². The summed E-state index contributed by atoms with van der Waals surface area (Å²) in [7, 11) is 0. The van der Waals surface area contributed by atoms with Crippen molar-refractivity contribution in [2.24, 2.45) is 0 Å². The number of carbonyl (C=O) groups excluding carboxylic acids is 1. The summed E-state index contributed by atoms with van der Waals surface area (Å²) in [5.74, 6) is -0.354. The van der Waals surface area contributed by atoms with Crippen LogP contribution in [-0.2, 0) is 16.0 Å². The van der Waals surface area contributed by atoms with Crippen molar-refractivity contribution in [3.63, 3.8) is 0 Å². The molecule has 0 aromatic carbocycles. The summed E-state index contributed by atoms with van der Waals surface area (Å²) >= 11 is 0. The Morgan fingerprint density at radius 2 is 2.11 bits per heavy atom. The largest absolute Gasteiger partial charge is 0.459 e. The second kappa shape index (κ2) is 7.76. The molecule has 0 radical (unpaired) electrons. The standard InChI is InChI=1S/C13H22N2O3/c1-3-5-6-17-7-8-18-13(16)12-9-11(14)10-15(12)4-2/h9-10H,3-8,14H2,1-2H3.